The van der Waals surface area contributed by atoms with Crippen LogP contribution in [-0.4, -0.2) is 16.5 Å². The maximum Gasteiger partial charge on any atom is 0.113 e. The van der Waals surface area contributed by atoms with Crippen LogP contribution in [0.5, 0.6) is 0 Å². The van der Waals surface area contributed by atoms with E-state index in [0.29, 0.717) is 0 Å². The zero-order valence-corrected chi connectivity index (χ0v) is 8.46. The van der Waals surface area contributed by atoms with Crippen molar-refractivity contribution in [3.05, 3.63) is 16.6 Å². The Morgan fingerprint density at radius 2 is 2.50 bits per heavy atom. The molecule has 1 aliphatic heterocycles. The first-order valence-corrected chi connectivity index (χ1v) is 6.11. The molecule has 2 heterocycles. The summed E-state index contributed by atoms with van der Waals surface area (Å²) in [6.07, 6.45) is 4.15. The Morgan fingerprint density at radius 1 is 1.58 bits per heavy atom. The summed E-state index contributed by atoms with van der Waals surface area (Å²) < 4.78 is 0. The number of thiazole rings is 1. The highest BCUT2D eigenvalue weighted by Gasteiger charge is 2.31. The molecule has 2 nitrogen and oxygen atoms in total. The maximum atomic E-state index is 6.25. The van der Waals surface area contributed by atoms with E-state index in [1.807, 2.05) is 23.3 Å². The van der Waals surface area contributed by atoms with Crippen LogP contribution in [-0.2, 0) is 5.54 Å². The summed E-state index contributed by atoms with van der Waals surface area (Å²) in [6.45, 7) is 0. The summed E-state index contributed by atoms with van der Waals surface area (Å²) in [4.78, 5) is 4.29. The summed E-state index contributed by atoms with van der Waals surface area (Å²) in [6, 6.07) is 0. The predicted octanol–water partition coefficient (Wildman–Crippen LogP) is 1.82. The average molecular weight is 200 g/mol. The normalized spacial score (nSPS) is 30.4. The Balaban J connectivity index is 2.19. The van der Waals surface area contributed by atoms with Gasteiger partial charge < -0.3 is 5.73 Å². The summed E-state index contributed by atoms with van der Waals surface area (Å²) >= 11 is 3.62. The molecule has 1 aromatic heterocycles. The zero-order valence-electron chi connectivity index (χ0n) is 6.82. The number of nitrogens with zero attached hydrogens (tertiary/aromatic N) is 1. The third-order valence-corrected chi connectivity index (χ3v) is 4.42. The van der Waals surface area contributed by atoms with Crippen molar-refractivity contribution in [2.45, 2.75) is 18.4 Å². The molecule has 0 spiro atoms. The summed E-state index contributed by atoms with van der Waals surface area (Å²) in [5.74, 6) is 2.28. The van der Waals surface area contributed by atoms with Gasteiger partial charge in [-0.05, 0) is 18.6 Å². The molecule has 0 aliphatic carbocycles. The average Bonchev–Trinajstić information content (AvgIpc) is 2.58. The molecule has 0 radical (unpaired) electrons. The molecule has 1 fully saturated rings. The fourth-order valence-corrected chi connectivity index (χ4v) is 3.46. The minimum Gasteiger partial charge on any atom is -0.319 e. The molecule has 1 unspecified atom stereocenters. The Labute approximate surface area is 80.6 Å². The molecule has 1 aliphatic rings. The first kappa shape index (κ1) is 8.53. The van der Waals surface area contributed by atoms with Gasteiger partial charge in [0.15, 0.2) is 0 Å². The van der Waals surface area contributed by atoms with Crippen LogP contribution in [0.25, 0.3) is 0 Å². The lowest BCUT2D eigenvalue weighted by molar-refractivity contribution is 0.444. The second-order valence-corrected chi connectivity index (χ2v) is 5.15. The predicted molar refractivity (Wildman–Crippen MR) is 54.5 cm³/mol. The van der Waals surface area contributed by atoms with E-state index in [9.17, 15) is 0 Å². The van der Waals surface area contributed by atoms with E-state index in [0.717, 1.165) is 17.2 Å². The number of thioether (sulfide) groups is 1. The lowest BCUT2D eigenvalue weighted by atomic mass is 9.98. The Bertz CT molecular complexity index is 240. The largest absolute Gasteiger partial charge is 0.319 e. The van der Waals surface area contributed by atoms with E-state index < -0.39 is 0 Å². The quantitative estimate of drug-likeness (QED) is 0.751. The second-order valence-electron chi connectivity index (χ2n) is 3.15. The molecule has 1 saturated heterocycles. The van der Waals surface area contributed by atoms with Gasteiger partial charge in [0, 0.05) is 17.3 Å². The highest BCUT2D eigenvalue weighted by molar-refractivity contribution is 7.99. The van der Waals surface area contributed by atoms with Crippen molar-refractivity contribution in [2.75, 3.05) is 11.5 Å². The summed E-state index contributed by atoms with van der Waals surface area (Å²) in [5.41, 5.74) is 6.12. The van der Waals surface area contributed by atoms with Crippen LogP contribution in [0.1, 0.15) is 17.8 Å². The van der Waals surface area contributed by atoms with Gasteiger partial charge in [0.2, 0.25) is 0 Å². The van der Waals surface area contributed by atoms with Gasteiger partial charge in [-0.25, -0.2) is 4.98 Å². The van der Waals surface area contributed by atoms with E-state index in [1.54, 1.807) is 11.3 Å². The number of nitrogens with two attached hydrogens (primary N) is 1. The van der Waals surface area contributed by atoms with Crippen LogP contribution < -0.4 is 5.73 Å². The summed E-state index contributed by atoms with van der Waals surface area (Å²) in [7, 11) is 0. The topological polar surface area (TPSA) is 38.9 Å². The van der Waals surface area contributed by atoms with E-state index in [2.05, 4.69) is 4.98 Å². The molecular formula is C8H12N2S2. The van der Waals surface area contributed by atoms with E-state index in [1.165, 1.54) is 12.2 Å². The van der Waals surface area contributed by atoms with Crippen LogP contribution in [0, 0.1) is 0 Å². The molecular weight excluding hydrogens is 188 g/mol. The van der Waals surface area contributed by atoms with Crippen molar-refractivity contribution in [1.29, 1.82) is 0 Å². The third kappa shape index (κ3) is 1.51. The standard InChI is InChI=1S/C8H12N2S2/c9-8(2-1-4-11-6-8)7-10-3-5-12-7/h3,5H,1-2,4,6,9H2. The SMILES string of the molecule is NC1(c2nccs2)CCCSC1. The van der Waals surface area contributed by atoms with Gasteiger partial charge >= 0.3 is 0 Å². The van der Waals surface area contributed by atoms with Crippen molar-refractivity contribution < 1.29 is 0 Å². The monoisotopic (exact) mass is 200 g/mol. The zero-order chi connectivity index (χ0) is 8.44. The van der Waals surface area contributed by atoms with Crippen LogP contribution in [0.15, 0.2) is 11.6 Å². The van der Waals surface area contributed by atoms with Gasteiger partial charge in [-0.15, -0.1) is 11.3 Å². The minimum atomic E-state index is -0.128. The van der Waals surface area contributed by atoms with Crippen molar-refractivity contribution in [3.63, 3.8) is 0 Å². The van der Waals surface area contributed by atoms with E-state index in [-0.39, 0.29) is 5.54 Å². The fourth-order valence-electron chi connectivity index (χ4n) is 1.45. The first-order valence-electron chi connectivity index (χ1n) is 4.08. The minimum absolute atomic E-state index is 0.128. The van der Waals surface area contributed by atoms with Crippen molar-refractivity contribution in [3.8, 4) is 0 Å². The summed E-state index contributed by atoms with van der Waals surface area (Å²) in [5, 5.41) is 3.11. The van der Waals surface area contributed by atoms with E-state index >= 15 is 0 Å². The first-order chi connectivity index (χ1) is 5.81. The number of hydrogen-bond donors (Lipinski definition) is 1. The molecule has 1 aromatic rings. The molecule has 2 N–H and O–H groups in total. The molecule has 12 heavy (non-hydrogen) atoms. The molecule has 0 saturated carbocycles. The van der Waals surface area contributed by atoms with Crippen molar-refractivity contribution in [1.82, 2.24) is 4.98 Å². The van der Waals surface area contributed by atoms with Gasteiger partial charge in [0.25, 0.3) is 0 Å². The highest BCUT2D eigenvalue weighted by atomic mass is 32.2. The Morgan fingerprint density at radius 3 is 3.08 bits per heavy atom. The van der Waals surface area contributed by atoms with Crippen molar-refractivity contribution in [2.24, 2.45) is 5.73 Å². The van der Waals surface area contributed by atoms with Crippen LogP contribution in [0.2, 0.25) is 0 Å². The highest BCUT2D eigenvalue weighted by Crippen LogP contribution is 2.33. The molecule has 1 atom stereocenters. The second kappa shape index (κ2) is 3.36. The lowest BCUT2D eigenvalue weighted by Gasteiger charge is -2.30. The third-order valence-electron chi connectivity index (χ3n) is 2.13. The fraction of sp³-hybridized carbons (Fsp3) is 0.625. The maximum absolute atomic E-state index is 6.25. The molecule has 0 amide bonds. The Hall–Kier alpha value is -0.0600. The van der Waals surface area contributed by atoms with Crippen LogP contribution >= 0.6 is 23.1 Å². The molecule has 66 valence electrons. The molecule has 0 bridgehead atoms. The Kier molecular flexibility index (Phi) is 2.39. The number of rotatable bonds is 1. The van der Waals surface area contributed by atoms with Crippen LogP contribution in [0.4, 0.5) is 0 Å². The smallest absolute Gasteiger partial charge is 0.113 e. The van der Waals surface area contributed by atoms with E-state index in [4.69, 9.17) is 5.73 Å². The lowest BCUT2D eigenvalue weighted by Crippen LogP contribution is -2.41. The molecule has 2 rings (SSSR count). The number of aromatic nitrogens is 1. The van der Waals surface area contributed by atoms with Gasteiger partial charge in [0.05, 0.1) is 5.54 Å². The van der Waals surface area contributed by atoms with Gasteiger partial charge in [-0.2, -0.15) is 11.8 Å². The van der Waals surface area contributed by atoms with Gasteiger partial charge in [-0.1, -0.05) is 0 Å². The molecule has 4 heteroatoms. The van der Waals surface area contributed by atoms with Crippen molar-refractivity contribution >= 4 is 23.1 Å². The van der Waals surface area contributed by atoms with Crippen LogP contribution in [0.3, 0.4) is 0 Å². The number of hydrogen-bond acceptors (Lipinski definition) is 4. The molecule has 0 aromatic carbocycles. The van der Waals surface area contributed by atoms with Gasteiger partial charge in [0.1, 0.15) is 5.01 Å². The van der Waals surface area contributed by atoms with Gasteiger partial charge in [-0.3, -0.25) is 0 Å².